The topological polar surface area (TPSA) is 55.2 Å². The minimum atomic E-state index is -0.341. The first-order chi connectivity index (χ1) is 7.83. The highest BCUT2D eigenvalue weighted by Gasteiger charge is 2.21. The molecule has 0 saturated heterocycles. The molecule has 0 unspecified atom stereocenters. The Bertz CT molecular complexity index is 386. The first-order valence-electron chi connectivity index (χ1n) is 5.75. The third-order valence-corrected chi connectivity index (χ3v) is 4.22. The largest absolute Gasteiger partial charge is 0.324 e. The van der Waals surface area contributed by atoms with Gasteiger partial charge in [-0.1, -0.05) is 39.0 Å². The minimum Gasteiger partial charge on any atom is -0.312 e. The van der Waals surface area contributed by atoms with Crippen LogP contribution in [0, 0.1) is 21.4 Å². The van der Waals surface area contributed by atoms with Crippen molar-refractivity contribution < 1.29 is 4.92 Å². The van der Waals surface area contributed by atoms with Gasteiger partial charge in [-0.15, -0.1) is 0 Å². The van der Waals surface area contributed by atoms with Gasteiger partial charge in [0.05, 0.1) is 4.92 Å². The maximum atomic E-state index is 10.5. The van der Waals surface area contributed by atoms with E-state index in [9.17, 15) is 10.1 Å². The predicted octanol–water partition coefficient (Wildman–Crippen LogP) is 3.43. The molecule has 1 aromatic heterocycles. The fourth-order valence-electron chi connectivity index (χ4n) is 1.28. The highest BCUT2D eigenvalue weighted by atomic mass is 32.1. The molecule has 0 saturated carbocycles. The van der Waals surface area contributed by atoms with E-state index in [0.717, 1.165) is 12.1 Å². The van der Waals surface area contributed by atoms with Crippen molar-refractivity contribution in [3.8, 4) is 0 Å². The first-order valence-corrected chi connectivity index (χ1v) is 6.63. The molecule has 96 valence electrons. The summed E-state index contributed by atoms with van der Waals surface area (Å²) in [5.41, 5.74) is 1.23. The Labute approximate surface area is 106 Å². The van der Waals surface area contributed by atoms with Crippen molar-refractivity contribution in [1.29, 1.82) is 0 Å². The minimum absolute atomic E-state index is 0.213. The zero-order valence-electron chi connectivity index (χ0n) is 10.8. The van der Waals surface area contributed by atoms with Crippen LogP contribution in [0.5, 0.6) is 0 Å². The van der Waals surface area contributed by atoms with Crippen molar-refractivity contribution in [2.75, 3.05) is 6.54 Å². The zero-order chi connectivity index (χ0) is 13.1. The Hall–Kier alpha value is -0.940. The Kier molecular flexibility index (Phi) is 4.65. The van der Waals surface area contributed by atoms with Gasteiger partial charge in [-0.25, -0.2) is 0 Å². The van der Waals surface area contributed by atoms with Crippen molar-refractivity contribution in [1.82, 2.24) is 5.32 Å². The van der Waals surface area contributed by atoms with Gasteiger partial charge in [0.15, 0.2) is 0 Å². The molecular formula is C12H20N2O2S. The lowest BCUT2D eigenvalue weighted by Gasteiger charge is -2.29. The van der Waals surface area contributed by atoms with Crippen LogP contribution < -0.4 is 5.32 Å². The number of hydrogen-bond donors (Lipinski definition) is 1. The van der Waals surface area contributed by atoms with E-state index in [-0.39, 0.29) is 15.3 Å². The number of rotatable bonds is 6. The van der Waals surface area contributed by atoms with Crippen molar-refractivity contribution in [2.24, 2.45) is 11.3 Å². The normalized spacial score (nSPS) is 12.1. The molecule has 0 spiro atoms. The van der Waals surface area contributed by atoms with E-state index in [4.69, 9.17) is 0 Å². The van der Waals surface area contributed by atoms with Crippen LogP contribution in [0.2, 0.25) is 0 Å². The average molecular weight is 256 g/mol. The van der Waals surface area contributed by atoms with Gasteiger partial charge in [-0.2, -0.15) is 0 Å². The van der Waals surface area contributed by atoms with Gasteiger partial charge in [0.1, 0.15) is 0 Å². The van der Waals surface area contributed by atoms with E-state index in [1.807, 2.05) is 5.38 Å². The van der Waals surface area contributed by atoms with E-state index < -0.39 is 0 Å². The van der Waals surface area contributed by atoms with Crippen LogP contribution in [-0.4, -0.2) is 11.5 Å². The summed E-state index contributed by atoms with van der Waals surface area (Å²) in [6.45, 7) is 10.5. The quantitative estimate of drug-likeness (QED) is 0.626. The summed E-state index contributed by atoms with van der Waals surface area (Å²) in [7, 11) is 0. The Balaban J connectivity index is 2.43. The SMILES string of the molecule is CC(C)C(C)(C)CNCc1csc([N+](=O)[O-])c1. The molecule has 4 nitrogen and oxygen atoms in total. The van der Waals surface area contributed by atoms with Crippen LogP contribution in [0.4, 0.5) is 5.00 Å². The Morgan fingerprint density at radius 2 is 2.18 bits per heavy atom. The van der Waals surface area contributed by atoms with Crippen molar-refractivity contribution >= 4 is 16.3 Å². The maximum Gasteiger partial charge on any atom is 0.324 e. The molecule has 0 aliphatic rings. The Morgan fingerprint density at radius 3 is 2.65 bits per heavy atom. The number of nitrogens with zero attached hydrogens (tertiary/aromatic N) is 1. The third-order valence-electron chi connectivity index (χ3n) is 3.29. The second-order valence-corrected chi connectivity index (χ2v) is 6.19. The van der Waals surface area contributed by atoms with Crippen LogP contribution in [0.15, 0.2) is 11.4 Å². The molecule has 17 heavy (non-hydrogen) atoms. The molecule has 1 rings (SSSR count). The van der Waals surface area contributed by atoms with Crippen molar-refractivity contribution in [3.05, 3.63) is 27.1 Å². The molecule has 0 aliphatic heterocycles. The number of hydrogen-bond acceptors (Lipinski definition) is 4. The summed E-state index contributed by atoms with van der Waals surface area (Å²) in [4.78, 5) is 10.2. The standard InChI is InChI=1S/C12H20N2O2S/c1-9(2)12(3,4)8-13-6-10-5-11(14(15)16)17-7-10/h5,7,9,13H,6,8H2,1-4H3. The van der Waals surface area contributed by atoms with Crippen LogP contribution in [0.3, 0.4) is 0 Å². The molecule has 0 fully saturated rings. The van der Waals surface area contributed by atoms with Crippen LogP contribution in [0.1, 0.15) is 33.3 Å². The number of thiophene rings is 1. The molecule has 0 amide bonds. The summed E-state index contributed by atoms with van der Waals surface area (Å²) >= 11 is 1.18. The molecule has 1 N–H and O–H groups in total. The van der Waals surface area contributed by atoms with Crippen LogP contribution in [-0.2, 0) is 6.54 Å². The molecule has 0 aliphatic carbocycles. The summed E-state index contributed by atoms with van der Waals surface area (Å²) < 4.78 is 0. The fourth-order valence-corrected chi connectivity index (χ4v) is 2.01. The van der Waals surface area contributed by atoms with Gasteiger partial charge >= 0.3 is 5.00 Å². The lowest BCUT2D eigenvalue weighted by molar-refractivity contribution is -0.380. The summed E-state index contributed by atoms with van der Waals surface area (Å²) in [5.74, 6) is 0.604. The zero-order valence-corrected chi connectivity index (χ0v) is 11.6. The lowest BCUT2D eigenvalue weighted by Crippen LogP contribution is -2.33. The van der Waals surface area contributed by atoms with E-state index in [1.54, 1.807) is 6.07 Å². The molecular weight excluding hydrogens is 236 g/mol. The van der Waals surface area contributed by atoms with Gasteiger partial charge in [-0.05, 0) is 16.9 Å². The van der Waals surface area contributed by atoms with Gasteiger partial charge in [0.2, 0.25) is 0 Å². The monoisotopic (exact) mass is 256 g/mol. The van der Waals surface area contributed by atoms with Crippen molar-refractivity contribution in [3.63, 3.8) is 0 Å². The number of nitrogens with one attached hydrogen (secondary N) is 1. The van der Waals surface area contributed by atoms with Gasteiger partial charge < -0.3 is 5.32 Å². The van der Waals surface area contributed by atoms with Gasteiger partial charge in [-0.3, -0.25) is 10.1 Å². The second-order valence-electron chi connectivity index (χ2n) is 5.30. The fraction of sp³-hybridized carbons (Fsp3) is 0.667. The molecule has 0 radical (unpaired) electrons. The van der Waals surface area contributed by atoms with E-state index in [1.165, 1.54) is 11.3 Å². The third kappa shape index (κ3) is 4.09. The Morgan fingerprint density at radius 1 is 1.53 bits per heavy atom. The predicted molar refractivity (Wildman–Crippen MR) is 71.3 cm³/mol. The summed E-state index contributed by atoms with van der Waals surface area (Å²) in [5, 5.41) is 15.9. The van der Waals surface area contributed by atoms with E-state index in [2.05, 4.69) is 33.0 Å². The maximum absolute atomic E-state index is 10.5. The highest BCUT2D eigenvalue weighted by molar-refractivity contribution is 7.13. The molecule has 0 bridgehead atoms. The second kappa shape index (κ2) is 5.60. The highest BCUT2D eigenvalue weighted by Crippen LogP contribution is 2.25. The van der Waals surface area contributed by atoms with Crippen molar-refractivity contribution in [2.45, 2.75) is 34.2 Å². The van der Waals surface area contributed by atoms with Crippen LogP contribution >= 0.6 is 11.3 Å². The molecule has 5 heteroatoms. The summed E-state index contributed by atoms with van der Waals surface area (Å²) in [6.07, 6.45) is 0. The molecule has 0 aromatic carbocycles. The van der Waals surface area contributed by atoms with Gasteiger partial charge in [0, 0.05) is 24.5 Å². The first kappa shape index (κ1) is 14.1. The van der Waals surface area contributed by atoms with Crippen LogP contribution in [0.25, 0.3) is 0 Å². The molecule has 1 aromatic rings. The smallest absolute Gasteiger partial charge is 0.312 e. The molecule has 0 atom stereocenters. The number of nitro groups is 1. The summed E-state index contributed by atoms with van der Waals surface area (Å²) in [6, 6.07) is 1.64. The van der Waals surface area contributed by atoms with E-state index >= 15 is 0 Å². The van der Waals surface area contributed by atoms with Gasteiger partial charge in [0.25, 0.3) is 0 Å². The van der Waals surface area contributed by atoms with E-state index in [0.29, 0.717) is 12.5 Å². The lowest BCUT2D eigenvalue weighted by atomic mass is 9.81. The average Bonchev–Trinajstić information content (AvgIpc) is 2.66. The molecule has 1 heterocycles.